The molecule has 1 aliphatic rings. The second-order valence-corrected chi connectivity index (χ2v) is 17.6. The molecular weight excluding hydrogens is 871 g/mol. The number of amides is 2. The average Bonchev–Trinajstić information content (AvgIpc) is 3.64. The number of hydrogen-bond acceptors (Lipinski definition) is 19. The molecule has 35 heteroatoms. The summed E-state index contributed by atoms with van der Waals surface area (Å²) in [7, 11) is -16.4. The number of fused-ring (bicyclic) bond motifs is 1. The fourth-order valence-corrected chi connectivity index (χ4v) is 8.09. The van der Waals surface area contributed by atoms with Crippen LogP contribution in [0.3, 0.4) is 0 Å². The molecule has 0 aliphatic carbocycles. The van der Waals surface area contributed by atoms with Gasteiger partial charge in [-0.1, -0.05) is 25.6 Å². The number of anilines is 1. The van der Waals surface area contributed by atoms with Gasteiger partial charge in [-0.25, -0.2) is 28.6 Å². The van der Waals surface area contributed by atoms with Crippen LogP contribution in [-0.2, 0) is 55.5 Å². The van der Waals surface area contributed by atoms with Crippen LogP contribution in [0.5, 0.6) is 0 Å². The SMILES string of the molecule is CC(C(=O)O)C(=O)SCCNC(=O)CCNC(=O)[C@H](O)C(C)(C)COP(=O)(O)OP(=O)(O)OC[C@H]1O[C@@H](n2cnc3c(N)ncnc32)[C@H](O)[C@@H]1OP(=O)(O)O.O.[Li].[Li].[Li].[Li]. The number of aromatic nitrogens is 4. The minimum absolute atomic E-state index is 0. The summed E-state index contributed by atoms with van der Waals surface area (Å²) in [5.74, 6) is -4.01. The van der Waals surface area contributed by atoms with Crippen molar-refractivity contribution in [3.63, 3.8) is 0 Å². The van der Waals surface area contributed by atoms with E-state index in [1.807, 2.05) is 0 Å². The summed E-state index contributed by atoms with van der Waals surface area (Å²) in [6.45, 7) is 1.35. The van der Waals surface area contributed by atoms with Crippen LogP contribution in [0.15, 0.2) is 12.7 Å². The molecule has 1 saturated heterocycles. The number of ether oxygens (including phenoxy) is 1. The zero-order valence-electron chi connectivity index (χ0n) is 33.5. The number of nitrogens with one attached hydrogen (secondary N) is 2. The number of nitrogens with two attached hydrogens (primary N) is 1. The number of rotatable bonds is 21. The van der Waals surface area contributed by atoms with Crippen molar-refractivity contribution in [3.8, 4) is 0 Å². The molecule has 0 saturated carbocycles. The summed E-state index contributed by atoms with van der Waals surface area (Å²) in [6, 6.07) is 0. The first kappa shape index (κ1) is 63.7. The Morgan fingerprint density at radius 1 is 1.00 bits per heavy atom. The van der Waals surface area contributed by atoms with Gasteiger partial charge in [-0.15, -0.1) is 0 Å². The molecule has 3 unspecified atom stereocenters. The van der Waals surface area contributed by atoms with E-state index in [1.54, 1.807) is 0 Å². The molecule has 3 rings (SSSR count). The number of carboxylic acids is 1. The van der Waals surface area contributed by atoms with Crippen LogP contribution >= 0.6 is 35.2 Å². The number of nitrogen functional groups attached to an aromatic ring is 1. The Balaban J connectivity index is -0.00000650. The van der Waals surface area contributed by atoms with E-state index in [1.165, 1.54) is 20.8 Å². The second-order valence-electron chi connectivity index (χ2n) is 12.3. The summed E-state index contributed by atoms with van der Waals surface area (Å²) >= 11 is 0.726. The molecule has 8 atom stereocenters. The normalized spacial score (nSPS) is 20.5. The van der Waals surface area contributed by atoms with Gasteiger partial charge in [-0.2, -0.15) is 4.31 Å². The van der Waals surface area contributed by atoms with Crippen molar-refractivity contribution in [2.45, 2.75) is 57.8 Å². The molecule has 4 radical (unpaired) electrons. The van der Waals surface area contributed by atoms with E-state index in [0.717, 1.165) is 29.0 Å². The fourth-order valence-electron chi connectivity index (χ4n) is 4.51. The predicted octanol–water partition coefficient (Wildman–Crippen LogP) is -3.96. The van der Waals surface area contributed by atoms with Crippen LogP contribution in [0, 0.1) is 11.3 Å². The maximum atomic E-state index is 12.6. The van der Waals surface area contributed by atoms with Gasteiger partial charge < -0.3 is 61.5 Å². The van der Waals surface area contributed by atoms with Gasteiger partial charge in [0.15, 0.2) is 17.7 Å². The first-order chi connectivity index (χ1) is 25.3. The van der Waals surface area contributed by atoms with Crippen molar-refractivity contribution < 1.29 is 95.9 Å². The van der Waals surface area contributed by atoms with E-state index >= 15 is 0 Å². The number of aliphatic hydroxyl groups is 2. The van der Waals surface area contributed by atoms with Gasteiger partial charge in [0.05, 0.1) is 19.5 Å². The Morgan fingerprint density at radius 2 is 1.60 bits per heavy atom. The van der Waals surface area contributed by atoms with Crippen LogP contribution in [0.2, 0.25) is 0 Å². The van der Waals surface area contributed by atoms with E-state index in [9.17, 15) is 62.7 Å². The monoisotopic (exact) mass is 913 g/mol. The van der Waals surface area contributed by atoms with Crippen molar-refractivity contribution in [1.82, 2.24) is 30.2 Å². The Bertz CT molecular complexity index is 1890. The number of aliphatic carboxylic acids is 1. The molecule has 1 fully saturated rings. The van der Waals surface area contributed by atoms with E-state index in [4.69, 9.17) is 24.6 Å². The molecular formula is C25H42Li4N7O20P3S. The van der Waals surface area contributed by atoms with Gasteiger partial charge in [0, 0.05) is 106 Å². The number of thioether (sulfide) groups is 1. The van der Waals surface area contributed by atoms with Crippen LogP contribution < -0.4 is 16.4 Å². The van der Waals surface area contributed by atoms with Gasteiger partial charge >= 0.3 is 29.4 Å². The van der Waals surface area contributed by atoms with Gasteiger partial charge in [-0.3, -0.25) is 37.3 Å². The average molecular weight is 913 g/mol. The minimum atomic E-state index is -5.59. The van der Waals surface area contributed by atoms with Crippen molar-refractivity contribution in [2.24, 2.45) is 11.3 Å². The molecule has 2 aromatic heterocycles. The first-order valence-corrected chi connectivity index (χ1v) is 21.1. The van der Waals surface area contributed by atoms with Crippen LogP contribution in [-0.4, -0.2) is 215 Å². The molecule has 0 spiro atoms. The summed E-state index contributed by atoms with van der Waals surface area (Å²) in [6.07, 6.45) is -7.13. The Labute approximate surface area is 393 Å². The van der Waals surface area contributed by atoms with E-state index in [2.05, 4.69) is 34.4 Å². The van der Waals surface area contributed by atoms with E-state index in [0.29, 0.717) is 0 Å². The number of carboxylic acid groups (broad SMARTS) is 1. The van der Waals surface area contributed by atoms with E-state index in [-0.39, 0.29) is 123 Å². The van der Waals surface area contributed by atoms with E-state index < -0.39 is 102 Å². The fraction of sp³-hybridized carbons (Fsp3) is 0.640. The van der Waals surface area contributed by atoms with Crippen LogP contribution in [0.4, 0.5) is 5.82 Å². The Morgan fingerprint density at radius 3 is 2.18 bits per heavy atom. The quantitative estimate of drug-likeness (QED) is 0.0247. The van der Waals surface area contributed by atoms with Crippen molar-refractivity contribution in [2.75, 3.05) is 37.8 Å². The Kier molecular flexibility index (Phi) is 28.6. The molecule has 0 bridgehead atoms. The number of phosphoric ester groups is 3. The number of imidazole rings is 1. The second kappa shape index (κ2) is 27.0. The molecule has 2 aromatic rings. The van der Waals surface area contributed by atoms with Crippen LogP contribution in [0.25, 0.3) is 11.2 Å². The predicted molar refractivity (Wildman–Crippen MR) is 211 cm³/mol. The molecule has 2 amide bonds. The largest absolute Gasteiger partial charge is 0.481 e. The summed E-state index contributed by atoms with van der Waals surface area (Å²) < 4.78 is 61.9. The van der Waals surface area contributed by atoms with Gasteiger partial charge in [0.2, 0.25) is 16.9 Å². The zero-order chi connectivity index (χ0) is 41.5. The first-order valence-electron chi connectivity index (χ1n) is 15.6. The third-order valence-electron chi connectivity index (χ3n) is 7.47. The van der Waals surface area contributed by atoms with Crippen LogP contribution in [0.1, 0.15) is 33.4 Å². The molecule has 1 aliphatic heterocycles. The topological polar surface area (TPSA) is 432 Å². The van der Waals surface area contributed by atoms with Crippen molar-refractivity contribution in [1.29, 1.82) is 0 Å². The third kappa shape index (κ3) is 19.2. The molecule has 0 aromatic carbocycles. The van der Waals surface area contributed by atoms with Gasteiger partial charge in [-0.05, 0) is 6.92 Å². The number of carbonyl (C=O) groups is 4. The number of aliphatic hydroxyl groups excluding tert-OH is 2. The third-order valence-corrected chi connectivity index (χ3v) is 11.6. The van der Waals surface area contributed by atoms with Gasteiger partial charge in [0.1, 0.15) is 42.2 Å². The number of carbonyl (C=O) groups excluding carboxylic acids is 3. The number of nitrogens with zero attached hydrogens (tertiary/aromatic N) is 4. The summed E-state index contributed by atoms with van der Waals surface area (Å²) in [4.78, 5) is 97.8. The van der Waals surface area contributed by atoms with Gasteiger partial charge in [0.25, 0.3) is 0 Å². The molecule has 322 valence electrons. The molecule has 27 nitrogen and oxygen atoms in total. The summed E-state index contributed by atoms with van der Waals surface area (Å²) in [5, 5.41) is 34.3. The zero-order valence-corrected chi connectivity index (χ0v) is 37.0. The molecule has 60 heavy (non-hydrogen) atoms. The number of phosphoric acid groups is 3. The smallest absolute Gasteiger partial charge is 0.481 e. The van der Waals surface area contributed by atoms with Crippen molar-refractivity contribution in [3.05, 3.63) is 12.7 Å². The molecule has 13 N–H and O–H groups in total. The number of hydrogen-bond donors (Lipinski definition) is 10. The summed E-state index contributed by atoms with van der Waals surface area (Å²) in [5.41, 5.74) is 4.19. The minimum Gasteiger partial charge on any atom is -0.481 e. The molecule has 3 heterocycles. The Hall–Kier alpha value is -0.620. The standard InChI is InChI=1S/C25H40N7O19P3S.4Li.H2O/c1-12(23(37)38)24(39)55-7-6-27-14(33)4-5-28-21(36)18(35)25(2,3)9-48-54(45,46)51-53(43,44)47-8-13-17(50-52(40,41)42)16(34)22(49-13)32-11-31-15-19(26)29-10-30-20(15)32;;;;;/h10-13,16-18,22,34-35H,4-9H2,1-3H3,(H,27,33)(H,28,36)(H,37,38)(H,43,44)(H,45,46)(H2,26,29,30)(H2,40,41,42);;;;;1H2/t12?,13-,16-,17-,18+,22-;;;;;/m1...../s1. The maximum Gasteiger partial charge on any atom is 0.481 e. The maximum absolute atomic E-state index is 12.6. The van der Waals surface area contributed by atoms with Crippen molar-refractivity contribution >= 4 is 151 Å².